The lowest BCUT2D eigenvalue weighted by molar-refractivity contribution is 0.285. The lowest BCUT2D eigenvalue weighted by Crippen LogP contribution is -2.44. The molecule has 0 bridgehead atoms. The first kappa shape index (κ1) is 16.7. The van der Waals surface area contributed by atoms with Crippen molar-refractivity contribution in [1.82, 2.24) is 9.03 Å². The van der Waals surface area contributed by atoms with Gasteiger partial charge in [0.05, 0.1) is 0 Å². The molecule has 108 valence electrons. The highest BCUT2D eigenvalue weighted by molar-refractivity contribution is 14.1. The van der Waals surface area contributed by atoms with Crippen molar-refractivity contribution < 1.29 is 8.42 Å². The highest BCUT2D eigenvalue weighted by Gasteiger charge is 2.25. The average molecular weight is 388 g/mol. The first-order chi connectivity index (χ1) is 8.56. The third-order valence-electron chi connectivity index (χ3n) is 3.43. The summed E-state index contributed by atoms with van der Waals surface area (Å²) in [5, 5.41) is 0. The van der Waals surface area contributed by atoms with E-state index in [0.717, 1.165) is 25.7 Å². The van der Waals surface area contributed by atoms with Gasteiger partial charge in [-0.25, -0.2) is 4.72 Å². The number of halogens is 1. The minimum absolute atomic E-state index is 0.579. The second-order valence-electron chi connectivity index (χ2n) is 5.08. The molecular weight excluding hydrogens is 363 g/mol. The number of hydrogen-bond donors (Lipinski definition) is 1. The molecule has 0 saturated carbocycles. The Balaban J connectivity index is 2.19. The highest BCUT2D eigenvalue weighted by Crippen LogP contribution is 2.17. The van der Waals surface area contributed by atoms with Gasteiger partial charge in [-0.15, -0.1) is 0 Å². The summed E-state index contributed by atoms with van der Waals surface area (Å²) in [6.45, 7) is 4.11. The van der Waals surface area contributed by atoms with Gasteiger partial charge in [0.15, 0.2) is 0 Å². The SMILES string of the molecule is CC1CCN(S(=O)(=O)NCCCCCCI)CC1. The van der Waals surface area contributed by atoms with Crippen molar-refractivity contribution in [2.24, 2.45) is 5.92 Å². The lowest BCUT2D eigenvalue weighted by Gasteiger charge is -2.29. The maximum Gasteiger partial charge on any atom is 0.279 e. The highest BCUT2D eigenvalue weighted by atomic mass is 127. The monoisotopic (exact) mass is 388 g/mol. The molecule has 0 aromatic heterocycles. The molecule has 1 N–H and O–H groups in total. The van der Waals surface area contributed by atoms with Crippen molar-refractivity contribution >= 4 is 32.8 Å². The topological polar surface area (TPSA) is 49.4 Å². The second-order valence-corrected chi connectivity index (χ2v) is 7.92. The van der Waals surface area contributed by atoms with Crippen molar-refractivity contribution in [1.29, 1.82) is 0 Å². The molecule has 1 saturated heterocycles. The first-order valence-corrected chi connectivity index (χ1v) is 9.83. The Bertz CT molecular complexity index is 314. The van der Waals surface area contributed by atoms with Crippen LogP contribution in [0.2, 0.25) is 0 Å². The fourth-order valence-electron chi connectivity index (χ4n) is 2.09. The van der Waals surface area contributed by atoms with E-state index < -0.39 is 10.2 Å². The smallest absolute Gasteiger partial charge is 0.202 e. The molecule has 1 fully saturated rings. The predicted molar refractivity (Wildman–Crippen MR) is 84.2 cm³/mol. The molecule has 0 atom stereocenters. The zero-order chi connectivity index (χ0) is 13.4. The molecule has 0 amide bonds. The maximum atomic E-state index is 12.0. The molecule has 0 spiro atoms. The number of alkyl halides is 1. The van der Waals surface area contributed by atoms with Gasteiger partial charge in [0.1, 0.15) is 0 Å². The van der Waals surface area contributed by atoms with Crippen molar-refractivity contribution in [2.75, 3.05) is 24.1 Å². The van der Waals surface area contributed by atoms with Crippen LogP contribution in [0.3, 0.4) is 0 Å². The van der Waals surface area contributed by atoms with Gasteiger partial charge in [0.2, 0.25) is 0 Å². The lowest BCUT2D eigenvalue weighted by atomic mass is 10.0. The Morgan fingerprint density at radius 1 is 1.17 bits per heavy atom. The van der Waals surface area contributed by atoms with Crippen LogP contribution in [-0.2, 0) is 10.2 Å². The van der Waals surface area contributed by atoms with Crippen LogP contribution in [0.5, 0.6) is 0 Å². The number of hydrogen-bond acceptors (Lipinski definition) is 2. The summed E-state index contributed by atoms with van der Waals surface area (Å²) in [4.78, 5) is 0. The Hall–Kier alpha value is 0.600. The van der Waals surface area contributed by atoms with E-state index in [1.54, 1.807) is 4.31 Å². The quantitative estimate of drug-likeness (QED) is 0.395. The second kappa shape index (κ2) is 8.71. The zero-order valence-corrected chi connectivity index (χ0v) is 14.2. The minimum Gasteiger partial charge on any atom is -0.202 e. The summed E-state index contributed by atoms with van der Waals surface area (Å²) in [6, 6.07) is 0. The van der Waals surface area contributed by atoms with Gasteiger partial charge in [0.25, 0.3) is 10.2 Å². The van der Waals surface area contributed by atoms with Crippen molar-refractivity contribution in [3.05, 3.63) is 0 Å². The van der Waals surface area contributed by atoms with Gasteiger partial charge in [-0.3, -0.25) is 0 Å². The summed E-state index contributed by atoms with van der Waals surface area (Å²) in [7, 11) is -3.22. The van der Waals surface area contributed by atoms with Gasteiger partial charge >= 0.3 is 0 Å². The van der Waals surface area contributed by atoms with E-state index in [1.165, 1.54) is 17.3 Å². The Morgan fingerprint density at radius 2 is 1.78 bits per heavy atom. The van der Waals surface area contributed by atoms with Crippen molar-refractivity contribution in [2.45, 2.75) is 45.4 Å². The van der Waals surface area contributed by atoms with E-state index in [1.807, 2.05) is 0 Å². The van der Waals surface area contributed by atoms with Gasteiger partial charge in [-0.1, -0.05) is 42.4 Å². The van der Waals surface area contributed by atoms with Gasteiger partial charge in [-0.2, -0.15) is 12.7 Å². The molecule has 1 heterocycles. The molecule has 1 rings (SSSR count). The Morgan fingerprint density at radius 3 is 2.39 bits per heavy atom. The zero-order valence-electron chi connectivity index (χ0n) is 11.2. The van der Waals surface area contributed by atoms with Crippen LogP contribution < -0.4 is 4.72 Å². The van der Waals surface area contributed by atoms with Crippen molar-refractivity contribution in [3.63, 3.8) is 0 Å². The standard InChI is InChI=1S/C12H25IN2O2S/c1-12-6-10-15(11-7-12)18(16,17)14-9-5-3-2-4-8-13/h12,14H,2-11H2,1H3. The fourth-order valence-corrected chi connectivity index (χ4v) is 3.91. The molecule has 0 aromatic rings. The summed E-state index contributed by atoms with van der Waals surface area (Å²) >= 11 is 2.37. The van der Waals surface area contributed by atoms with Crippen molar-refractivity contribution in [3.8, 4) is 0 Å². The van der Waals surface area contributed by atoms with Gasteiger partial charge in [0, 0.05) is 19.6 Å². The summed E-state index contributed by atoms with van der Waals surface area (Å²) in [5.74, 6) is 0.657. The van der Waals surface area contributed by atoms with Crippen LogP contribution in [0.15, 0.2) is 0 Å². The molecule has 4 nitrogen and oxygen atoms in total. The molecule has 0 unspecified atom stereocenters. The fraction of sp³-hybridized carbons (Fsp3) is 1.00. The number of piperidine rings is 1. The van der Waals surface area contributed by atoms with Crippen LogP contribution in [0.4, 0.5) is 0 Å². The third-order valence-corrected chi connectivity index (χ3v) is 5.80. The maximum absolute atomic E-state index is 12.0. The molecule has 18 heavy (non-hydrogen) atoms. The normalized spacial score (nSPS) is 19.2. The van der Waals surface area contributed by atoms with Gasteiger partial charge < -0.3 is 0 Å². The van der Waals surface area contributed by atoms with E-state index in [2.05, 4.69) is 34.2 Å². The minimum atomic E-state index is -3.22. The number of nitrogens with one attached hydrogen (secondary N) is 1. The van der Waals surface area contributed by atoms with Crippen LogP contribution >= 0.6 is 22.6 Å². The third kappa shape index (κ3) is 6.16. The predicted octanol–water partition coefficient (Wildman–Crippen LogP) is 2.55. The molecule has 1 aliphatic rings. The average Bonchev–Trinajstić information content (AvgIpc) is 2.34. The molecular formula is C12H25IN2O2S. The molecule has 0 aliphatic carbocycles. The van der Waals surface area contributed by atoms with Gasteiger partial charge in [-0.05, 0) is 36.0 Å². The van der Waals surface area contributed by atoms with E-state index >= 15 is 0 Å². The Labute approximate surface area is 125 Å². The van der Waals surface area contributed by atoms with E-state index in [0.29, 0.717) is 25.6 Å². The number of rotatable bonds is 8. The molecule has 0 aromatic carbocycles. The van der Waals surface area contributed by atoms with Crippen LogP contribution in [0.1, 0.15) is 45.4 Å². The van der Waals surface area contributed by atoms with E-state index in [-0.39, 0.29) is 0 Å². The Kier molecular flexibility index (Phi) is 8.06. The molecule has 1 aliphatic heterocycles. The van der Waals surface area contributed by atoms with Crippen LogP contribution in [-0.4, -0.2) is 36.8 Å². The number of unbranched alkanes of at least 4 members (excludes halogenated alkanes) is 3. The summed E-state index contributed by atoms with van der Waals surface area (Å²) in [6.07, 6.45) is 6.46. The first-order valence-electron chi connectivity index (χ1n) is 6.87. The van der Waals surface area contributed by atoms with Crippen LogP contribution in [0, 0.1) is 5.92 Å². The van der Waals surface area contributed by atoms with E-state index in [4.69, 9.17) is 0 Å². The van der Waals surface area contributed by atoms with E-state index in [9.17, 15) is 8.42 Å². The summed E-state index contributed by atoms with van der Waals surface area (Å²) < 4.78 is 29.5. The largest absolute Gasteiger partial charge is 0.279 e. The summed E-state index contributed by atoms with van der Waals surface area (Å²) in [5.41, 5.74) is 0. The van der Waals surface area contributed by atoms with Crippen LogP contribution in [0.25, 0.3) is 0 Å². The molecule has 0 radical (unpaired) electrons. The molecule has 6 heteroatoms. The number of nitrogens with zero attached hydrogens (tertiary/aromatic N) is 1.